The van der Waals surface area contributed by atoms with E-state index in [9.17, 15) is 19.2 Å². The van der Waals surface area contributed by atoms with Crippen LogP contribution in [-0.2, 0) is 39.8 Å². The number of aromatic nitrogens is 1. The molecule has 1 N–H and O–H groups in total. The van der Waals surface area contributed by atoms with Crippen molar-refractivity contribution in [3.8, 4) is 11.5 Å². The number of methoxy groups -OCH3 is 1. The number of carbonyl (C=O) groups is 4. The van der Waals surface area contributed by atoms with Crippen molar-refractivity contribution in [2.75, 3.05) is 27.1 Å². The van der Waals surface area contributed by atoms with Crippen LogP contribution in [0.15, 0.2) is 42.6 Å². The van der Waals surface area contributed by atoms with Crippen LogP contribution in [0.1, 0.15) is 49.7 Å². The van der Waals surface area contributed by atoms with Crippen LogP contribution in [0, 0.1) is 17.8 Å². The van der Waals surface area contributed by atoms with Crippen molar-refractivity contribution in [1.29, 1.82) is 0 Å². The summed E-state index contributed by atoms with van der Waals surface area (Å²) in [5, 5.41) is 2.53. The van der Waals surface area contributed by atoms with Crippen molar-refractivity contribution in [3.05, 3.63) is 53.9 Å². The van der Waals surface area contributed by atoms with E-state index in [0.29, 0.717) is 13.0 Å². The maximum absolute atomic E-state index is 13.4. The maximum atomic E-state index is 13.4. The zero-order valence-electron chi connectivity index (χ0n) is 24.8. The first-order valence-corrected chi connectivity index (χ1v) is 14.3. The highest BCUT2D eigenvalue weighted by molar-refractivity contribution is 5.98. The van der Waals surface area contributed by atoms with E-state index >= 15 is 0 Å². The van der Waals surface area contributed by atoms with Gasteiger partial charge in [0.2, 0.25) is 6.79 Å². The Morgan fingerprint density at radius 1 is 1.09 bits per heavy atom. The summed E-state index contributed by atoms with van der Waals surface area (Å²) >= 11 is 0. The molecule has 1 saturated carbocycles. The average molecular weight is 599 g/mol. The fourth-order valence-corrected chi connectivity index (χ4v) is 4.56. The second kappa shape index (κ2) is 14.8. The summed E-state index contributed by atoms with van der Waals surface area (Å²) in [5.41, 5.74) is 0.665. The Morgan fingerprint density at radius 3 is 2.51 bits per heavy atom. The number of carbonyl (C=O) groups excluding carboxylic acids is 4. The largest absolute Gasteiger partial charge is 0.493 e. The fourth-order valence-electron chi connectivity index (χ4n) is 4.56. The van der Waals surface area contributed by atoms with Crippen LogP contribution in [0.4, 0.5) is 0 Å². The van der Waals surface area contributed by atoms with Crippen molar-refractivity contribution in [2.45, 2.75) is 58.3 Å². The predicted octanol–water partition coefficient (Wildman–Crippen LogP) is 2.87. The molecule has 2 aromatic rings. The smallest absolute Gasteiger partial charge is 0.332 e. The molecule has 1 aromatic carbocycles. The lowest BCUT2D eigenvalue weighted by Crippen LogP contribution is -2.46. The first-order valence-electron chi connectivity index (χ1n) is 14.3. The molecule has 232 valence electrons. The van der Waals surface area contributed by atoms with Crippen molar-refractivity contribution < 1.29 is 47.6 Å². The Balaban J connectivity index is 1.51. The van der Waals surface area contributed by atoms with E-state index in [4.69, 9.17) is 28.4 Å². The summed E-state index contributed by atoms with van der Waals surface area (Å²) in [6.45, 7) is 5.01. The van der Waals surface area contributed by atoms with Crippen LogP contribution in [0.3, 0.4) is 0 Å². The van der Waals surface area contributed by atoms with Crippen molar-refractivity contribution in [2.24, 2.45) is 17.8 Å². The van der Waals surface area contributed by atoms with Gasteiger partial charge in [0.15, 0.2) is 23.2 Å². The van der Waals surface area contributed by atoms with Gasteiger partial charge in [-0.3, -0.25) is 14.4 Å². The number of nitrogens with one attached hydrogen (secondary N) is 1. The van der Waals surface area contributed by atoms with E-state index in [2.05, 4.69) is 10.3 Å². The van der Waals surface area contributed by atoms with E-state index in [1.165, 1.54) is 19.4 Å². The third-order valence-corrected chi connectivity index (χ3v) is 6.99. The van der Waals surface area contributed by atoms with Gasteiger partial charge in [0.05, 0.1) is 18.9 Å². The minimum Gasteiger partial charge on any atom is -0.493 e. The van der Waals surface area contributed by atoms with Crippen LogP contribution >= 0.6 is 0 Å². The van der Waals surface area contributed by atoms with E-state index in [-0.39, 0.29) is 35.0 Å². The van der Waals surface area contributed by atoms with Crippen LogP contribution in [0.25, 0.3) is 0 Å². The molecule has 12 heteroatoms. The Bertz CT molecular complexity index is 1280. The summed E-state index contributed by atoms with van der Waals surface area (Å²) in [5.74, 6) is -3.26. The van der Waals surface area contributed by atoms with Gasteiger partial charge in [0.1, 0.15) is 18.8 Å². The molecule has 1 unspecified atom stereocenters. The quantitative estimate of drug-likeness (QED) is 0.218. The molecule has 4 atom stereocenters. The highest BCUT2D eigenvalue weighted by Gasteiger charge is 2.41. The molecule has 0 radical (unpaired) electrons. The second-order valence-electron chi connectivity index (χ2n) is 11.0. The molecule has 0 bridgehead atoms. The maximum Gasteiger partial charge on any atom is 0.332 e. The molecule has 2 fully saturated rings. The lowest BCUT2D eigenvalue weighted by molar-refractivity contribution is -0.165. The number of ether oxygens (including phenoxy) is 6. The first-order chi connectivity index (χ1) is 20.7. The van der Waals surface area contributed by atoms with E-state index < -0.39 is 55.4 Å². The number of cyclic esters (lactones) is 2. The van der Waals surface area contributed by atoms with Gasteiger partial charge in [-0.15, -0.1) is 0 Å². The van der Waals surface area contributed by atoms with Gasteiger partial charge < -0.3 is 33.7 Å². The third-order valence-electron chi connectivity index (χ3n) is 6.99. The number of nitrogens with zero attached hydrogens (tertiary/aromatic N) is 1. The number of hydrogen-bond donors (Lipinski definition) is 1. The molecule has 2 heterocycles. The topological polar surface area (TPSA) is 149 Å². The van der Waals surface area contributed by atoms with Gasteiger partial charge in [0, 0.05) is 18.9 Å². The lowest BCUT2D eigenvalue weighted by atomic mass is 9.91. The van der Waals surface area contributed by atoms with Gasteiger partial charge in [-0.1, -0.05) is 44.2 Å². The Kier molecular flexibility index (Phi) is 10.9. The molecule has 2 aliphatic rings. The second-order valence-corrected chi connectivity index (χ2v) is 11.0. The number of amides is 1. The van der Waals surface area contributed by atoms with Gasteiger partial charge in [-0.25, -0.2) is 9.78 Å². The number of hydrogen-bond acceptors (Lipinski definition) is 11. The average Bonchev–Trinajstić information content (AvgIpc) is 3.84. The molecule has 0 spiro atoms. The molecule has 1 saturated heterocycles. The Labute approximate surface area is 250 Å². The van der Waals surface area contributed by atoms with Crippen LogP contribution in [-0.4, -0.2) is 74.2 Å². The van der Waals surface area contributed by atoms with Gasteiger partial charge in [0.25, 0.3) is 5.91 Å². The van der Waals surface area contributed by atoms with E-state index in [1.807, 2.05) is 44.2 Å². The molecule has 1 aliphatic carbocycles. The van der Waals surface area contributed by atoms with Crippen molar-refractivity contribution >= 4 is 23.8 Å². The van der Waals surface area contributed by atoms with Crippen LogP contribution < -0.4 is 14.8 Å². The monoisotopic (exact) mass is 598 g/mol. The number of esters is 3. The molecular weight excluding hydrogens is 560 g/mol. The minimum atomic E-state index is -1.35. The van der Waals surface area contributed by atoms with Crippen LogP contribution in [0.5, 0.6) is 11.5 Å². The minimum absolute atomic E-state index is 0.0852. The zero-order valence-corrected chi connectivity index (χ0v) is 24.8. The predicted molar refractivity (Wildman–Crippen MR) is 151 cm³/mol. The van der Waals surface area contributed by atoms with Gasteiger partial charge >= 0.3 is 17.9 Å². The number of benzene rings is 1. The summed E-state index contributed by atoms with van der Waals surface area (Å²) in [4.78, 5) is 56.0. The lowest BCUT2D eigenvalue weighted by Gasteiger charge is -2.30. The fraction of sp³-hybridized carbons (Fsp3) is 0.516. The summed E-state index contributed by atoms with van der Waals surface area (Å²) < 4.78 is 33.4. The zero-order chi connectivity index (χ0) is 30.9. The third kappa shape index (κ3) is 8.66. The summed E-state index contributed by atoms with van der Waals surface area (Å²) in [6, 6.07) is 9.53. The highest BCUT2D eigenvalue weighted by Crippen LogP contribution is 2.32. The SMILES string of the molecule is COc1ccnc(C(=O)N[C@H]2COC(=O)[C@H](Cc3ccccc3)[C@@H](OCC(C)C)C(C)OC2=O)c1OCOC(=O)C1CC1. The number of pyridine rings is 1. The van der Waals surface area contributed by atoms with E-state index in [1.54, 1.807) is 6.92 Å². The van der Waals surface area contributed by atoms with Gasteiger partial charge in [-0.05, 0) is 37.7 Å². The molecule has 1 amide bonds. The van der Waals surface area contributed by atoms with Gasteiger partial charge in [-0.2, -0.15) is 0 Å². The summed E-state index contributed by atoms with van der Waals surface area (Å²) in [7, 11) is 1.38. The molecule has 1 aliphatic heterocycles. The first kappa shape index (κ1) is 31.7. The standard InChI is InChI=1S/C31H38N2O10/c1-18(2)15-39-26-19(3)43-31(37)23(16-40-30(36)22(26)14-20-8-6-5-7-9-20)33-28(34)25-27(24(38-4)12-13-32-25)41-17-42-29(35)21-10-11-21/h5-9,12-13,18-19,21-23,26H,10-11,14-17H2,1-4H3,(H,33,34)/t19?,22-,23+,26+/m1/s1. The molecule has 43 heavy (non-hydrogen) atoms. The van der Waals surface area contributed by atoms with Crippen molar-refractivity contribution in [3.63, 3.8) is 0 Å². The van der Waals surface area contributed by atoms with Crippen LogP contribution in [0.2, 0.25) is 0 Å². The van der Waals surface area contributed by atoms with Crippen molar-refractivity contribution in [1.82, 2.24) is 10.3 Å². The normalized spacial score (nSPS) is 22.3. The molecule has 12 nitrogen and oxygen atoms in total. The summed E-state index contributed by atoms with van der Waals surface area (Å²) in [6.07, 6.45) is 1.54. The van der Waals surface area contributed by atoms with E-state index in [0.717, 1.165) is 18.4 Å². The molecular formula is C31H38N2O10. The molecule has 1 aromatic heterocycles. The Hall–Kier alpha value is -4.19. The number of rotatable bonds is 12. The molecule has 4 rings (SSSR count). The Morgan fingerprint density at radius 2 is 1.84 bits per heavy atom. The highest BCUT2D eigenvalue weighted by atomic mass is 16.7.